The van der Waals surface area contributed by atoms with Crippen molar-refractivity contribution in [1.29, 1.82) is 0 Å². The third kappa shape index (κ3) is 4.28. The van der Waals surface area contributed by atoms with E-state index in [0.717, 1.165) is 37.2 Å². The van der Waals surface area contributed by atoms with Gasteiger partial charge in [0.15, 0.2) is 0 Å². The minimum Gasteiger partial charge on any atom is -0.340 e. The second kappa shape index (κ2) is 7.83. The molecule has 1 amide bonds. The number of aromatic nitrogens is 2. The second-order valence-corrected chi connectivity index (χ2v) is 6.84. The highest BCUT2D eigenvalue weighted by Gasteiger charge is 2.19. The molecular formula is C19H23ClN4O. The Labute approximate surface area is 153 Å². The number of hydrogen-bond acceptors (Lipinski definition) is 4. The standard InChI is InChI=1S/C19H23ClN4O/c1-13-15(20)8-7-9-16(13)23-18-12-17(21-14(2)22-18)19(25)24-10-5-3-4-6-11-24/h7-9,12H,3-6,10-11H2,1-2H3,(H,21,22,23). The molecule has 1 aliphatic heterocycles. The molecule has 1 fully saturated rings. The number of likely N-dealkylation sites (tertiary alicyclic amines) is 1. The summed E-state index contributed by atoms with van der Waals surface area (Å²) in [6, 6.07) is 7.39. The van der Waals surface area contributed by atoms with E-state index in [1.165, 1.54) is 12.8 Å². The van der Waals surface area contributed by atoms with E-state index < -0.39 is 0 Å². The molecule has 1 N–H and O–H groups in total. The fourth-order valence-corrected chi connectivity index (χ4v) is 3.23. The molecule has 2 heterocycles. The average molecular weight is 359 g/mol. The molecule has 3 rings (SSSR count). The number of nitrogens with zero attached hydrogens (tertiary/aromatic N) is 3. The fourth-order valence-electron chi connectivity index (χ4n) is 3.06. The van der Waals surface area contributed by atoms with Crippen molar-refractivity contribution >= 4 is 29.0 Å². The molecular weight excluding hydrogens is 336 g/mol. The van der Waals surface area contributed by atoms with Gasteiger partial charge in [-0.1, -0.05) is 30.5 Å². The largest absolute Gasteiger partial charge is 0.340 e. The number of nitrogens with one attached hydrogen (secondary N) is 1. The van der Waals surface area contributed by atoms with E-state index in [-0.39, 0.29) is 5.91 Å². The second-order valence-electron chi connectivity index (χ2n) is 6.43. The van der Waals surface area contributed by atoms with Gasteiger partial charge in [0.1, 0.15) is 17.3 Å². The van der Waals surface area contributed by atoms with Crippen LogP contribution in [-0.4, -0.2) is 33.9 Å². The zero-order valence-electron chi connectivity index (χ0n) is 14.7. The van der Waals surface area contributed by atoms with E-state index in [1.807, 2.05) is 30.0 Å². The summed E-state index contributed by atoms with van der Waals surface area (Å²) >= 11 is 6.18. The summed E-state index contributed by atoms with van der Waals surface area (Å²) in [7, 11) is 0. The Balaban J connectivity index is 1.85. The molecule has 0 spiro atoms. The van der Waals surface area contributed by atoms with Crippen LogP contribution >= 0.6 is 11.6 Å². The van der Waals surface area contributed by atoms with Gasteiger partial charge in [-0.25, -0.2) is 9.97 Å². The van der Waals surface area contributed by atoms with Crippen LogP contribution in [0.4, 0.5) is 11.5 Å². The molecule has 2 aromatic rings. The first-order valence-corrected chi connectivity index (χ1v) is 9.09. The van der Waals surface area contributed by atoms with Gasteiger partial charge in [0, 0.05) is 29.9 Å². The molecule has 5 nitrogen and oxygen atoms in total. The lowest BCUT2D eigenvalue weighted by Crippen LogP contribution is -2.32. The summed E-state index contributed by atoms with van der Waals surface area (Å²) < 4.78 is 0. The van der Waals surface area contributed by atoms with E-state index in [9.17, 15) is 4.79 Å². The van der Waals surface area contributed by atoms with E-state index >= 15 is 0 Å². The Kier molecular flexibility index (Phi) is 5.53. The van der Waals surface area contributed by atoms with Crippen molar-refractivity contribution in [3.05, 3.63) is 46.4 Å². The van der Waals surface area contributed by atoms with Crippen LogP contribution in [0.3, 0.4) is 0 Å². The van der Waals surface area contributed by atoms with Gasteiger partial charge in [0.25, 0.3) is 5.91 Å². The number of hydrogen-bond donors (Lipinski definition) is 1. The molecule has 1 saturated heterocycles. The average Bonchev–Trinajstić information content (AvgIpc) is 2.87. The quantitative estimate of drug-likeness (QED) is 0.877. The van der Waals surface area contributed by atoms with Crippen LogP contribution in [0.2, 0.25) is 5.02 Å². The number of anilines is 2. The van der Waals surface area contributed by atoms with E-state index in [1.54, 1.807) is 13.0 Å². The summed E-state index contributed by atoms with van der Waals surface area (Å²) in [5.74, 6) is 1.16. The maximum atomic E-state index is 12.8. The zero-order chi connectivity index (χ0) is 17.8. The fraction of sp³-hybridized carbons (Fsp3) is 0.421. The lowest BCUT2D eigenvalue weighted by molar-refractivity contribution is 0.0755. The maximum Gasteiger partial charge on any atom is 0.272 e. The van der Waals surface area contributed by atoms with Gasteiger partial charge < -0.3 is 10.2 Å². The Morgan fingerprint density at radius 1 is 1.12 bits per heavy atom. The van der Waals surface area contributed by atoms with Crippen molar-refractivity contribution in [3.8, 4) is 0 Å². The van der Waals surface area contributed by atoms with E-state index in [4.69, 9.17) is 11.6 Å². The van der Waals surface area contributed by atoms with Gasteiger partial charge in [0.05, 0.1) is 0 Å². The summed E-state index contributed by atoms with van der Waals surface area (Å²) in [5, 5.41) is 3.95. The Hall–Kier alpha value is -2.14. The molecule has 6 heteroatoms. The maximum absolute atomic E-state index is 12.8. The van der Waals surface area contributed by atoms with Crippen LogP contribution in [-0.2, 0) is 0 Å². The van der Waals surface area contributed by atoms with Crippen LogP contribution in [0.5, 0.6) is 0 Å². The monoisotopic (exact) mass is 358 g/mol. The molecule has 1 aromatic heterocycles. The van der Waals surface area contributed by atoms with E-state index in [2.05, 4.69) is 15.3 Å². The topological polar surface area (TPSA) is 58.1 Å². The molecule has 1 aliphatic rings. The van der Waals surface area contributed by atoms with Crippen molar-refractivity contribution in [2.75, 3.05) is 18.4 Å². The first kappa shape index (κ1) is 17.7. The first-order chi connectivity index (χ1) is 12.0. The van der Waals surface area contributed by atoms with Crippen molar-refractivity contribution in [2.24, 2.45) is 0 Å². The molecule has 0 atom stereocenters. The number of benzene rings is 1. The number of carbonyl (C=O) groups excluding carboxylic acids is 1. The third-order valence-electron chi connectivity index (χ3n) is 4.48. The lowest BCUT2D eigenvalue weighted by atomic mass is 10.2. The van der Waals surface area contributed by atoms with Crippen molar-refractivity contribution in [3.63, 3.8) is 0 Å². The molecule has 132 valence electrons. The van der Waals surface area contributed by atoms with Gasteiger partial charge >= 0.3 is 0 Å². The van der Waals surface area contributed by atoms with Gasteiger partial charge in [-0.15, -0.1) is 0 Å². The Morgan fingerprint density at radius 2 is 1.84 bits per heavy atom. The van der Waals surface area contributed by atoms with Gasteiger partial charge in [-0.3, -0.25) is 4.79 Å². The molecule has 1 aromatic carbocycles. The summed E-state index contributed by atoms with van der Waals surface area (Å²) in [4.78, 5) is 23.5. The predicted molar refractivity (Wildman–Crippen MR) is 101 cm³/mol. The third-order valence-corrected chi connectivity index (χ3v) is 4.89. The summed E-state index contributed by atoms with van der Waals surface area (Å²) in [6.07, 6.45) is 4.49. The van der Waals surface area contributed by atoms with Crippen LogP contribution in [0, 0.1) is 13.8 Å². The van der Waals surface area contributed by atoms with Crippen molar-refractivity contribution in [2.45, 2.75) is 39.5 Å². The minimum absolute atomic E-state index is 0.0155. The van der Waals surface area contributed by atoms with Crippen LogP contribution in [0.25, 0.3) is 0 Å². The molecule has 0 saturated carbocycles. The predicted octanol–water partition coefficient (Wildman–Crippen LogP) is 4.51. The highest BCUT2D eigenvalue weighted by atomic mass is 35.5. The molecule has 0 radical (unpaired) electrons. The van der Waals surface area contributed by atoms with Crippen molar-refractivity contribution < 1.29 is 4.79 Å². The molecule has 0 aliphatic carbocycles. The SMILES string of the molecule is Cc1nc(Nc2cccc(Cl)c2C)cc(C(=O)N2CCCCCC2)n1. The number of carbonyl (C=O) groups is 1. The molecule has 0 unspecified atom stereocenters. The van der Waals surface area contributed by atoms with Gasteiger partial charge in [-0.2, -0.15) is 0 Å². The normalized spacial score (nSPS) is 14.9. The number of halogens is 1. The summed E-state index contributed by atoms with van der Waals surface area (Å²) in [6.45, 7) is 5.35. The highest BCUT2D eigenvalue weighted by Crippen LogP contribution is 2.26. The molecule has 25 heavy (non-hydrogen) atoms. The first-order valence-electron chi connectivity index (χ1n) is 8.71. The smallest absolute Gasteiger partial charge is 0.272 e. The minimum atomic E-state index is -0.0155. The molecule has 0 bridgehead atoms. The Morgan fingerprint density at radius 3 is 2.56 bits per heavy atom. The number of amides is 1. The van der Waals surface area contributed by atoms with E-state index in [0.29, 0.717) is 22.4 Å². The lowest BCUT2D eigenvalue weighted by Gasteiger charge is -2.20. The number of aryl methyl sites for hydroxylation is 1. The van der Waals surface area contributed by atoms with Crippen LogP contribution < -0.4 is 5.32 Å². The van der Waals surface area contributed by atoms with Gasteiger partial charge in [-0.05, 0) is 44.4 Å². The summed E-state index contributed by atoms with van der Waals surface area (Å²) in [5.41, 5.74) is 2.26. The van der Waals surface area contributed by atoms with Crippen LogP contribution in [0.1, 0.15) is 47.6 Å². The highest BCUT2D eigenvalue weighted by molar-refractivity contribution is 6.31. The van der Waals surface area contributed by atoms with Crippen molar-refractivity contribution in [1.82, 2.24) is 14.9 Å². The zero-order valence-corrected chi connectivity index (χ0v) is 15.4. The number of rotatable bonds is 3. The van der Waals surface area contributed by atoms with Gasteiger partial charge in [0.2, 0.25) is 0 Å². The Bertz CT molecular complexity index is 770. The van der Waals surface area contributed by atoms with Crippen LogP contribution in [0.15, 0.2) is 24.3 Å².